The fourth-order valence-corrected chi connectivity index (χ4v) is 3.02. The van der Waals surface area contributed by atoms with E-state index in [1.807, 2.05) is 36.4 Å². The molecule has 0 aromatic heterocycles. The van der Waals surface area contributed by atoms with Crippen LogP contribution in [0.2, 0.25) is 5.02 Å². The monoisotopic (exact) mass is 354 g/mol. The average Bonchev–Trinajstić information content (AvgIpc) is 2.66. The normalized spacial score (nSPS) is 14.9. The zero-order chi connectivity index (χ0) is 17.6. The van der Waals surface area contributed by atoms with E-state index in [0.717, 1.165) is 48.9 Å². The van der Waals surface area contributed by atoms with E-state index < -0.39 is 0 Å². The first-order valence-corrected chi connectivity index (χ1v) is 8.47. The number of anilines is 1. The second-order valence-electron chi connectivity index (χ2n) is 5.71. The summed E-state index contributed by atoms with van der Waals surface area (Å²) in [5, 5.41) is 10.1. The summed E-state index contributed by atoms with van der Waals surface area (Å²) in [4.78, 5) is 2.27. The molecule has 0 amide bonds. The summed E-state index contributed by atoms with van der Waals surface area (Å²) < 4.78 is 10.9. The van der Waals surface area contributed by atoms with Crippen LogP contribution in [0.25, 0.3) is 11.6 Å². The molecule has 1 heterocycles. The van der Waals surface area contributed by atoms with Gasteiger partial charge in [-0.15, -0.1) is 0 Å². The van der Waals surface area contributed by atoms with Crippen LogP contribution in [-0.2, 0) is 4.74 Å². The highest BCUT2D eigenvalue weighted by molar-refractivity contribution is 6.30. The molecule has 1 saturated heterocycles. The molecule has 0 aliphatic carbocycles. The van der Waals surface area contributed by atoms with Crippen molar-refractivity contribution in [1.82, 2.24) is 0 Å². The summed E-state index contributed by atoms with van der Waals surface area (Å²) in [6.07, 6.45) is 1.83. The molecule has 2 aromatic rings. The van der Waals surface area contributed by atoms with Crippen molar-refractivity contribution in [3.63, 3.8) is 0 Å². The number of hydrogen-bond acceptors (Lipinski definition) is 4. The van der Waals surface area contributed by atoms with Crippen molar-refractivity contribution >= 4 is 28.9 Å². The summed E-state index contributed by atoms with van der Waals surface area (Å²) in [5.74, 6) is 0.735. The molecule has 25 heavy (non-hydrogen) atoms. The quantitative estimate of drug-likeness (QED) is 0.608. The number of halogens is 1. The highest BCUT2D eigenvalue weighted by Crippen LogP contribution is 2.30. The number of methoxy groups -OCH3 is 1. The Kier molecular flexibility index (Phi) is 5.60. The minimum atomic E-state index is 0.542. The zero-order valence-electron chi connectivity index (χ0n) is 14.0. The Morgan fingerprint density at radius 2 is 2.04 bits per heavy atom. The van der Waals surface area contributed by atoms with Crippen LogP contribution >= 0.6 is 11.6 Å². The molecule has 1 aliphatic heterocycles. The van der Waals surface area contributed by atoms with Gasteiger partial charge in [-0.2, -0.15) is 5.26 Å². The lowest BCUT2D eigenvalue weighted by Crippen LogP contribution is -2.36. The van der Waals surface area contributed by atoms with Crippen LogP contribution in [-0.4, -0.2) is 33.4 Å². The van der Waals surface area contributed by atoms with E-state index >= 15 is 0 Å². The van der Waals surface area contributed by atoms with Crippen molar-refractivity contribution in [2.24, 2.45) is 0 Å². The lowest BCUT2D eigenvalue weighted by molar-refractivity contribution is 0.122. The third-order valence-corrected chi connectivity index (χ3v) is 4.38. The van der Waals surface area contributed by atoms with Gasteiger partial charge < -0.3 is 14.4 Å². The minimum Gasteiger partial charge on any atom is -0.496 e. The van der Waals surface area contributed by atoms with Crippen molar-refractivity contribution in [3.8, 4) is 11.8 Å². The molecule has 5 heteroatoms. The second-order valence-corrected chi connectivity index (χ2v) is 6.14. The Morgan fingerprint density at radius 3 is 2.72 bits per heavy atom. The fraction of sp³-hybridized carbons (Fsp3) is 0.250. The molecule has 1 aliphatic rings. The lowest BCUT2D eigenvalue weighted by atomic mass is 10.0. The standard InChI is InChI=1S/C20H19ClN2O2/c1-24-20-13-19(23-7-9-25-10-8-23)6-5-16(20)11-17(14-22)15-3-2-4-18(21)12-15/h2-6,11-13H,7-10H2,1H3/b17-11-. The molecule has 0 saturated carbocycles. The molecule has 128 valence electrons. The average molecular weight is 355 g/mol. The topological polar surface area (TPSA) is 45.5 Å². The van der Waals surface area contributed by atoms with E-state index in [0.29, 0.717) is 10.6 Å². The van der Waals surface area contributed by atoms with Gasteiger partial charge in [-0.3, -0.25) is 0 Å². The van der Waals surface area contributed by atoms with Crippen molar-refractivity contribution in [1.29, 1.82) is 5.26 Å². The highest BCUT2D eigenvalue weighted by atomic mass is 35.5. The number of allylic oxidation sites excluding steroid dienone is 1. The van der Waals surface area contributed by atoms with E-state index in [2.05, 4.69) is 11.0 Å². The first-order chi connectivity index (χ1) is 12.2. The summed E-state index contributed by atoms with van der Waals surface area (Å²) in [6.45, 7) is 3.20. The first kappa shape index (κ1) is 17.3. The molecule has 0 bridgehead atoms. The maximum Gasteiger partial charge on any atom is 0.128 e. The predicted octanol–water partition coefficient (Wildman–Crippen LogP) is 4.25. The maximum atomic E-state index is 9.53. The summed E-state index contributed by atoms with van der Waals surface area (Å²) >= 11 is 6.04. The van der Waals surface area contributed by atoms with Gasteiger partial charge in [0.15, 0.2) is 0 Å². The number of ether oxygens (including phenoxy) is 2. The zero-order valence-corrected chi connectivity index (χ0v) is 14.8. The van der Waals surface area contributed by atoms with Gasteiger partial charge in [0.05, 0.1) is 32.0 Å². The third kappa shape index (κ3) is 4.14. The van der Waals surface area contributed by atoms with E-state index in [1.54, 1.807) is 19.2 Å². The van der Waals surface area contributed by atoms with E-state index in [1.165, 1.54) is 0 Å². The van der Waals surface area contributed by atoms with Gasteiger partial charge in [0.25, 0.3) is 0 Å². The summed E-state index contributed by atoms with van der Waals surface area (Å²) in [7, 11) is 1.64. The van der Waals surface area contributed by atoms with E-state index in [-0.39, 0.29) is 0 Å². The number of nitriles is 1. The SMILES string of the molecule is COc1cc(N2CCOCC2)ccc1/C=C(/C#N)c1cccc(Cl)c1. The minimum absolute atomic E-state index is 0.542. The molecule has 0 unspecified atom stereocenters. The number of nitrogens with zero attached hydrogens (tertiary/aromatic N) is 2. The molecule has 0 N–H and O–H groups in total. The molecule has 2 aromatic carbocycles. The molecule has 0 radical (unpaired) electrons. The van der Waals surface area contributed by atoms with Crippen LogP contribution in [0.4, 0.5) is 5.69 Å². The van der Waals surface area contributed by atoms with E-state index in [4.69, 9.17) is 21.1 Å². The van der Waals surface area contributed by atoms with Crippen LogP contribution < -0.4 is 9.64 Å². The number of benzene rings is 2. The van der Waals surface area contributed by atoms with Crippen molar-refractivity contribution in [3.05, 3.63) is 58.6 Å². The van der Waals surface area contributed by atoms with Crippen molar-refractivity contribution < 1.29 is 9.47 Å². The van der Waals surface area contributed by atoms with Crippen LogP contribution in [0.3, 0.4) is 0 Å². The van der Waals surface area contributed by atoms with Crippen LogP contribution in [0.15, 0.2) is 42.5 Å². The summed E-state index contributed by atoms with van der Waals surface area (Å²) in [5.41, 5.74) is 3.28. The Hall–Kier alpha value is -2.48. The highest BCUT2D eigenvalue weighted by Gasteiger charge is 2.13. The Labute approximate surface area is 152 Å². The molecule has 3 rings (SSSR count). The van der Waals surface area contributed by atoms with Gasteiger partial charge in [-0.1, -0.05) is 23.7 Å². The number of hydrogen-bond donors (Lipinski definition) is 0. The van der Waals surface area contributed by atoms with Gasteiger partial charge in [0.2, 0.25) is 0 Å². The second kappa shape index (κ2) is 8.06. The van der Waals surface area contributed by atoms with Crippen LogP contribution in [0, 0.1) is 11.3 Å². The smallest absolute Gasteiger partial charge is 0.128 e. The molecule has 4 nitrogen and oxygen atoms in total. The van der Waals surface area contributed by atoms with Gasteiger partial charge in [-0.25, -0.2) is 0 Å². The summed E-state index contributed by atoms with van der Waals surface area (Å²) in [6, 6.07) is 15.6. The van der Waals surface area contributed by atoms with Gasteiger partial charge in [0.1, 0.15) is 5.75 Å². The molecular formula is C20H19ClN2O2. The van der Waals surface area contributed by atoms with Crippen molar-refractivity contribution in [2.45, 2.75) is 0 Å². The molecule has 1 fully saturated rings. The van der Waals surface area contributed by atoms with Gasteiger partial charge in [-0.05, 0) is 35.9 Å². The number of rotatable bonds is 4. The van der Waals surface area contributed by atoms with E-state index in [9.17, 15) is 5.26 Å². The van der Waals surface area contributed by atoms with Crippen molar-refractivity contribution in [2.75, 3.05) is 38.3 Å². The Morgan fingerprint density at radius 1 is 1.24 bits per heavy atom. The number of morpholine rings is 1. The molecule has 0 atom stereocenters. The predicted molar refractivity (Wildman–Crippen MR) is 101 cm³/mol. The largest absolute Gasteiger partial charge is 0.496 e. The maximum absolute atomic E-state index is 9.53. The van der Waals surface area contributed by atoms with Crippen LogP contribution in [0.5, 0.6) is 5.75 Å². The fourth-order valence-electron chi connectivity index (χ4n) is 2.83. The molecular weight excluding hydrogens is 336 g/mol. The lowest BCUT2D eigenvalue weighted by Gasteiger charge is -2.29. The van der Waals surface area contributed by atoms with Crippen LogP contribution in [0.1, 0.15) is 11.1 Å². The molecule has 0 spiro atoms. The first-order valence-electron chi connectivity index (χ1n) is 8.10. The Bertz CT molecular complexity index is 821. The van der Waals surface area contributed by atoms with Gasteiger partial charge in [0, 0.05) is 35.4 Å². The van der Waals surface area contributed by atoms with Gasteiger partial charge >= 0.3 is 0 Å². The third-order valence-electron chi connectivity index (χ3n) is 4.15. The Balaban J connectivity index is 1.94.